The molecule has 2 aromatic rings. The molecule has 0 bridgehead atoms. The first kappa shape index (κ1) is 13.4. The third-order valence-electron chi connectivity index (χ3n) is 4.47. The number of nitrogens with zero attached hydrogens (tertiary/aromatic N) is 2. The number of hydrogen-bond donors (Lipinski definition) is 1. The van der Waals surface area contributed by atoms with Crippen LogP contribution < -0.4 is 5.69 Å². The van der Waals surface area contributed by atoms with Gasteiger partial charge in [-0.15, -0.1) is 0 Å². The maximum absolute atomic E-state index is 12.3. The summed E-state index contributed by atoms with van der Waals surface area (Å²) in [7, 11) is 0. The molecule has 1 aliphatic heterocycles. The van der Waals surface area contributed by atoms with Crippen molar-refractivity contribution in [3.8, 4) is 0 Å². The highest BCUT2D eigenvalue weighted by Gasteiger charge is 2.24. The normalized spacial score (nSPS) is 18.2. The number of rotatable bonds is 2. The van der Waals surface area contributed by atoms with Crippen LogP contribution in [0.3, 0.4) is 0 Å². The SMILES string of the molecule is Cc1ccc2[nH]c(=O)n(C3CCN(C(C)C)CC3)c2c1. The molecule has 1 N–H and O–H groups in total. The van der Waals surface area contributed by atoms with Crippen LogP contribution >= 0.6 is 0 Å². The van der Waals surface area contributed by atoms with Gasteiger partial charge in [0.05, 0.1) is 11.0 Å². The first-order valence-corrected chi connectivity index (χ1v) is 7.51. The molecular formula is C16H23N3O. The minimum atomic E-state index is 0.0357. The fraction of sp³-hybridized carbons (Fsp3) is 0.562. The Morgan fingerprint density at radius 2 is 1.95 bits per heavy atom. The van der Waals surface area contributed by atoms with Crippen LogP contribution in [-0.2, 0) is 0 Å². The van der Waals surface area contributed by atoms with E-state index in [0.29, 0.717) is 12.1 Å². The van der Waals surface area contributed by atoms with E-state index in [2.05, 4.69) is 36.7 Å². The lowest BCUT2D eigenvalue weighted by molar-refractivity contribution is 0.152. The lowest BCUT2D eigenvalue weighted by Gasteiger charge is -2.35. The molecule has 1 saturated heterocycles. The van der Waals surface area contributed by atoms with Gasteiger partial charge in [-0.1, -0.05) is 6.07 Å². The first-order valence-electron chi connectivity index (χ1n) is 7.51. The summed E-state index contributed by atoms with van der Waals surface area (Å²) in [6, 6.07) is 7.09. The summed E-state index contributed by atoms with van der Waals surface area (Å²) in [4.78, 5) is 17.7. The number of nitrogens with one attached hydrogen (secondary N) is 1. The van der Waals surface area contributed by atoms with Crippen molar-refractivity contribution in [2.45, 2.75) is 45.7 Å². The fourth-order valence-corrected chi connectivity index (χ4v) is 3.25. The summed E-state index contributed by atoms with van der Waals surface area (Å²) >= 11 is 0. The van der Waals surface area contributed by atoms with Gasteiger partial charge in [0.25, 0.3) is 0 Å². The minimum Gasteiger partial charge on any atom is -0.306 e. The van der Waals surface area contributed by atoms with Gasteiger partial charge >= 0.3 is 5.69 Å². The monoisotopic (exact) mass is 273 g/mol. The molecule has 108 valence electrons. The molecular weight excluding hydrogens is 250 g/mol. The lowest BCUT2D eigenvalue weighted by atomic mass is 10.0. The molecule has 0 spiro atoms. The number of H-pyrrole nitrogens is 1. The quantitative estimate of drug-likeness (QED) is 0.914. The van der Waals surface area contributed by atoms with Crippen LogP contribution in [0.5, 0.6) is 0 Å². The lowest BCUT2D eigenvalue weighted by Crippen LogP contribution is -2.40. The molecule has 4 heteroatoms. The molecule has 1 aromatic heterocycles. The number of aromatic nitrogens is 2. The summed E-state index contributed by atoms with van der Waals surface area (Å²) in [5, 5.41) is 0. The molecule has 3 rings (SSSR count). The standard InChI is InChI=1S/C16H23N3O/c1-11(2)18-8-6-13(7-9-18)19-15-10-12(3)4-5-14(15)17-16(19)20/h4-5,10-11,13H,6-9H2,1-3H3,(H,17,20). The van der Waals surface area contributed by atoms with Crippen molar-refractivity contribution >= 4 is 11.0 Å². The third-order valence-corrected chi connectivity index (χ3v) is 4.47. The highest BCUT2D eigenvalue weighted by atomic mass is 16.1. The second kappa shape index (κ2) is 5.09. The van der Waals surface area contributed by atoms with Crippen LogP contribution in [0.4, 0.5) is 0 Å². The Hall–Kier alpha value is -1.55. The fourth-order valence-electron chi connectivity index (χ4n) is 3.25. The van der Waals surface area contributed by atoms with E-state index in [1.807, 2.05) is 16.7 Å². The zero-order valence-corrected chi connectivity index (χ0v) is 12.5. The van der Waals surface area contributed by atoms with Crippen LogP contribution in [-0.4, -0.2) is 33.6 Å². The van der Waals surface area contributed by atoms with E-state index in [4.69, 9.17) is 0 Å². The summed E-state index contributed by atoms with van der Waals surface area (Å²) < 4.78 is 1.97. The van der Waals surface area contributed by atoms with Gasteiger partial charge in [-0.2, -0.15) is 0 Å². The van der Waals surface area contributed by atoms with Crippen LogP contribution in [0.1, 0.15) is 38.3 Å². The predicted octanol–water partition coefficient (Wildman–Crippen LogP) is 2.68. The Bertz CT molecular complexity index is 660. The highest BCUT2D eigenvalue weighted by Crippen LogP contribution is 2.26. The maximum atomic E-state index is 12.3. The highest BCUT2D eigenvalue weighted by molar-refractivity contribution is 5.76. The number of benzene rings is 1. The van der Waals surface area contributed by atoms with E-state index in [0.717, 1.165) is 37.0 Å². The van der Waals surface area contributed by atoms with Crippen LogP contribution in [0.25, 0.3) is 11.0 Å². The van der Waals surface area contributed by atoms with Gasteiger partial charge in [-0.3, -0.25) is 4.57 Å². The molecule has 0 saturated carbocycles. The number of hydrogen-bond acceptors (Lipinski definition) is 2. The minimum absolute atomic E-state index is 0.0357. The predicted molar refractivity (Wildman–Crippen MR) is 82.3 cm³/mol. The van der Waals surface area contributed by atoms with Gasteiger partial charge in [0.15, 0.2) is 0 Å². The van der Waals surface area contributed by atoms with Gasteiger partial charge < -0.3 is 9.88 Å². The van der Waals surface area contributed by atoms with Crippen molar-refractivity contribution in [1.82, 2.24) is 14.5 Å². The number of likely N-dealkylation sites (tertiary alicyclic amines) is 1. The first-order chi connectivity index (χ1) is 9.56. The Balaban J connectivity index is 1.93. The summed E-state index contributed by atoms with van der Waals surface area (Å²) in [6.45, 7) is 8.70. The molecule has 1 aliphatic rings. The Kier molecular flexibility index (Phi) is 3.42. The summed E-state index contributed by atoms with van der Waals surface area (Å²) in [6.07, 6.45) is 2.11. The van der Waals surface area contributed by atoms with Gasteiger partial charge in [0.1, 0.15) is 0 Å². The summed E-state index contributed by atoms with van der Waals surface area (Å²) in [5.41, 5.74) is 3.24. The second-order valence-corrected chi connectivity index (χ2v) is 6.18. The molecule has 2 heterocycles. The van der Waals surface area contributed by atoms with Gasteiger partial charge in [0, 0.05) is 25.2 Å². The van der Waals surface area contributed by atoms with Crippen molar-refractivity contribution in [3.05, 3.63) is 34.2 Å². The van der Waals surface area contributed by atoms with Gasteiger partial charge in [-0.05, 0) is 51.3 Å². The average Bonchev–Trinajstić information content (AvgIpc) is 2.74. The molecule has 1 fully saturated rings. The largest absolute Gasteiger partial charge is 0.326 e. The van der Waals surface area contributed by atoms with E-state index in [9.17, 15) is 4.79 Å². The zero-order valence-electron chi connectivity index (χ0n) is 12.5. The molecule has 1 aromatic carbocycles. The molecule has 0 radical (unpaired) electrons. The average molecular weight is 273 g/mol. The van der Waals surface area contributed by atoms with E-state index >= 15 is 0 Å². The van der Waals surface area contributed by atoms with E-state index in [1.54, 1.807) is 0 Å². The van der Waals surface area contributed by atoms with E-state index < -0.39 is 0 Å². The van der Waals surface area contributed by atoms with Crippen LogP contribution in [0.15, 0.2) is 23.0 Å². The van der Waals surface area contributed by atoms with E-state index in [1.165, 1.54) is 5.56 Å². The second-order valence-electron chi connectivity index (χ2n) is 6.18. The number of piperidine rings is 1. The number of imidazole rings is 1. The number of aromatic amines is 1. The summed E-state index contributed by atoms with van der Waals surface area (Å²) in [5.74, 6) is 0. The van der Waals surface area contributed by atoms with Crippen molar-refractivity contribution in [2.75, 3.05) is 13.1 Å². The molecule has 0 amide bonds. The van der Waals surface area contributed by atoms with Gasteiger partial charge in [0.2, 0.25) is 0 Å². The van der Waals surface area contributed by atoms with Crippen molar-refractivity contribution < 1.29 is 0 Å². The molecule has 20 heavy (non-hydrogen) atoms. The van der Waals surface area contributed by atoms with E-state index in [-0.39, 0.29) is 5.69 Å². The Labute approximate surface area is 119 Å². The topological polar surface area (TPSA) is 41.0 Å². The van der Waals surface area contributed by atoms with Gasteiger partial charge in [-0.25, -0.2) is 4.79 Å². The van der Waals surface area contributed by atoms with Crippen LogP contribution in [0, 0.1) is 6.92 Å². The third kappa shape index (κ3) is 2.29. The Morgan fingerprint density at radius 1 is 1.25 bits per heavy atom. The molecule has 0 unspecified atom stereocenters. The molecule has 0 aliphatic carbocycles. The van der Waals surface area contributed by atoms with Crippen molar-refractivity contribution in [2.24, 2.45) is 0 Å². The zero-order chi connectivity index (χ0) is 14.3. The maximum Gasteiger partial charge on any atom is 0.326 e. The molecule has 0 atom stereocenters. The number of aryl methyl sites for hydroxylation is 1. The van der Waals surface area contributed by atoms with Crippen LogP contribution in [0.2, 0.25) is 0 Å². The number of fused-ring (bicyclic) bond motifs is 1. The Morgan fingerprint density at radius 3 is 2.60 bits per heavy atom. The smallest absolute Gasteiger partial charge is 0.306 e. The van der Waals surface area contributed by atoms with Crippen molar-refractivity contribution in [1.29, 1.82) is 0 Å². The molecule has 4 nitrogen and oxygen atoms in total. The van der Waals surface area contributed by atoms with Crippen molar-refractivity contribution in [3.63, 3.8) is 0 Å².